The number of rotatable bonds is 4. The van der Waals surface area contributed by atoms with Crippen molar-refractivity contribution in [2.45, 2.75) is 33.1 Å². The van der Waals surface area contributed by atoms with Crippen molar-refractivity contribution in [3.8, 4) is 0 Å². The largest absolute Gasteiger partial charge is 0.370 e. The molecular formula is C7H15NO. The minimum atomic E-state index is -0.185. The lowest BCUT2D eigenvalue weighted by Gasteiger charge is -2.03. The molecule has 0 spiro atoms. The van der Waals surface area contributed by atoms with Crippen molar-refractivity contribution < 1.29 is 4.79 Å². The fourth-order valence-electron chi connectivity index (χ4n) is 0.593. The van der Waals surface area contributed by atoms with Gasteiger partial charge >= 0.3 is 0 Å². The maximum absolute atomic E-state index is 10.2. The van der Waals surface area contributed by atoms with E-state index in [1.54, 1.807) is 0 Å². The summed E-state index contributed by atoms with van der Waals surface area (Å²) in [5.74, 6) is 0.452. The third kappa shape index (κ3) is 5.34. The zero-order chi connectivity index (χ0) is 7.28. The van der Waals surface area contributed by atoms with Crippen LogP contribution in [0.2, 0.25) is 0 Å². The van der Waals surface area contributed by atoms with Crippen LogP contribution in [0.1, 0.15) is 33.1 Å². The van der Waals surface area contributed by atoms with Crippen molar-refractivity contribution in [3.63, 3.8) is 0 Å². The Bertz CT molecular complexity index is 90.9. The minimum Gasteiger partial charge on any atom is -0.370 e. The van der Waals surface area contributed by atoms with E-state index in [1.807, 2.05) is 0 Å². The van der Waals surface area contributed by atoms with Gasteiger partial charge in [0.05, 0.1) is 0 Å². The molecule has 0 aromatic carbocycles. The molecule has 54 valence electrons. The van der Waals surface area contributed by atoms with E-state index in [-0.39, 0.29) is 5.91 Å². The number of amides is 1. The molecule has 9 heavy (non-hydrogen) atoms. The number of hydrogen-bond donors (Lipinski definition) is 1. The molecule has 0 saturated carbocycles. The third-order valence-corrected chi connectivity index (χ3v) is 1.58. The molecule has 0 radical (unpaired) electrons. The Morgan fingerprint density at radius 1 is 1.67 bits per heavy atom. The van der Waals surface area contributed by atoms with E-state index >= 15 is 0 Å². The van der Waals surface area contributed by atoms with Crippen LogP contribution >= 0.6 is 0 Å². The first-order chi connectivity index (χ1) is 4.16. The Labute approximate surface area is 56.4 Å². The maximum atomic E-state index is 10.2. The van der Waals surface area contributed by atoms with Gasteiger partial charge in [-0.15, -0.1) is 0 Å². The number of hydrogen-bond acceptors (Lipinski definition) is 1. The van der Waals surface area contributed by atoms with Gasteiger partial charge in [-0.3, -0.25) is 4.79 Å². The van der Waals surface area contributed by atoms with Crippen LogP contribution < -0.4 is 5.73 Å². The second-order valence-corrected chi connectivity index (χ2v) is 2.52. The fourth-order valence-corrected chi connectivity index (χ4v) is 0.593. The van der Waals surface area contributed by atoms with E-state index in [9.17, 15) is 4.79 Å². The van der Waals surface area contributed by atoms with Gasteiger partial charge in [0.25, 0.3) is 0 Å². The molecule has 0 fully saturated rings. The second kappa shape index (κ2) is 4.36. The van der Waals surface area contributed by atoms with E-state index in [0.717, 1.165) is 12.8 Å². The van der Waals surface area contributed by atoms with Crippen molar-refractivity contribution in [1.29, 1.82) is 0 Å². The van der Waals surface area contributed by atoms with Gasteiger partial charge in [-0.1, -0.05) is 20.3 Å². The lowest BCUT2D eigenvalue weighted by Crippen LogP contribution is -2.11. The number of carbonyl (C=O) groups excluding carboxylic acids is 1. The van der Waals surface area contributed by atoms with Gasteiger partial charge in [-0.2, -0.15) is 0 Å². The van der Waals surface area contributed by atoms with Crippen LogP contribution in [0.3, 0.4) is 0 Å². The van der Waals surface area contributed by atoms with Crippen LogP contribution in [0.5, 0.6) is 0 Å². The van der Waals surface area contributed by atoms with Gasteiger partial charge < -0.3 is 5.73 Å². The monoisotopic (exact) mass is 129 g/mol. The van der Waals surface area contributed by atoms with Crippen molar-refractivity contribution in [1.82, 2.24) is 0 Å². The molecule has 1 amide bonds. The molecule has 0 aliphatic rings. The average Bonchev–Trinajstić information content (AvgIpc) is 1.83. The summed E-state index contributed by atoms with van der Waals surface area (Å²) in [6, 6.07) is 0. The Balaban J connectivity index is 3.16. The lowest BCUT2D eigenvalue weighted by molar-refractivity contribution is -0.118. The third-order valence-electron chi connectivity index (χ3n) is 1.58. The van der Waals surface area contributed by atoms with Gasteiger partial charge in [0, 0.05) is 6.42 Å². The van der Waals surface area contributed by atoms with Crippen LogP contribution in [0, 0.1) is 5.92 Å². The van der Waals surface area contributed by atoms with Gasteiger partial charge in [0.15, 0.2) is 0 Å². The number of nitrogens with two attached hydrogens (primary N) is 1. The molecule has 2 N–H and O–H groups in total. The lowest BCUT2D eigenvalue weighted by atomic mass is 10.0. The van der Waals surface area contributed by atoms with Crippen LogP contribution in [0.4, 0.5) is 0 Å². The van der Waals surface area contributed by atoms with E-state index < -0.39 is 0 Å². The van der Waals surface area contributed by atoms with E-state index in [0.29, 0.717) is 12.3 Å². The summed E-state index contributed by atoms with van der Waals surface area (Å²) in [7, 11) is 0. The predicted molar refractivity (Wildman–Crippen MR) is 37.9 cm³/mol. The van der Waals surface area contributed by atoms with Crippen molar-refractivity contribution in [3.05, 3.63) is 0 Å². The topological polar surface area (TPSA) is 43.1 Å². The summed E-state index contributed by atoms with van der Waals surface area (Å²) < 4.78 is 0. The SMILES string of the molecule is CC[C@H](C)CCC(N)=O. The normalized spacial score (nSPS) is 13.1. The Kier molecular flexibility index (Phi) is 4.10. The molecule has 0 unspecified atom stereocenters. The Morgan fingerprint density at radius 3 is 2.56 bits per heavy atom. The zero-order valence-electron chi connectivity index (χ0n) is 6.18. The highest BCUT2D eigenvalue weighted by Gasteiger charge is 1.99. The summed E-state index contributed by atoms with van der Waals surface area (Å²) in [5, 5.41) is 0. The molecule has 2 nitrogen and oxygen atoms in total. The first-order valence-corrected chi connectivity index (χ1v) is 3.45. The smallest absolute Gasteiger partial charge is 0.217 e. The Morgan fingerprint density at radius 2 is 2.22 bits per heavy atom. The first-order valence-electron chi connectivity index (χ1n) is 3.45. The minimum absolute atomic E-state index is 0.185. The summed E-state index contributed by atoms with van der Waals surface area (Å²) in [4.78, 5) is 10.2. The van der Waals surface area contributed by atoms with Crippen LogP contribution in [0.15, 0.2) is 0 Å². The molecule has 0 aromatic heterocycles. The number of primary amides is 1. The maximum Gasteiger partial charge on any atom is 0.217 e. The zero-order valence-corrected chi connectivity index (χ0v) is 6.18. The molecule has 0 aliphatic carbocycles. The molecule has 0 rings (SSSR count). The van der Waals surface area contributed by atoms with E-state index in [4.69, 9.17) is 5.73 Å². The van der Waals surface area contributed by atoms with Gasteiger partial charge in [-0.05, 0) is 12.3 Å². The van der Waals surface area contributed by atoms with E-state index in [2.05, 4.69) is 13.8 Å². The fraction of sp³-hybridized carbons (Fsp3) is 0.857. The van der Waals surface area contributed by atoms with Crippen molar-refractivity contribution >= 4 is 5.91 Å². The summed E-state index contributed by atoms with van der Waals surface area (Å²) in [6.07, 6.45) is 2.61. The molecule has 0 bridgehead atoms. The van der Waals surface area contributed by atoms with Crippen LogP contribution in [-0.2, 0) is 4.79 Å². The summed E-state index contributed by atoms with van der Waals surface area (Å²) >= 11 is 0. The van der Waals surface area contributed by atoms with Crippen molar-refractivity contribution in [2.24, 2.45) is 11.7 Å². The highest BCUT2D eigenvalue weighted by atomic mass is 16.1. The van der Waals surface area contributed by atoms with Gasteiger partial charge in [-0.25, -0.2) is 0 Å². The second-order valence-electron chi connectivity index (χ2n) is 2.52. The standard InChI is InChI=1S/C7H15NO/c1-3-6(2)4-5-7(8)9/h6H,3-5H2,1-2H3,(H2,8,9)/t6-/m0/s1. The summed E-state index contributed by atoms with van der Waals surface area (Å²) in [6.45, 7) is 4.24. The van der Waals surface area contributed by atoms with E-state index in [1.165, 1.54) is 0 Å². The summed E-state index contributed by atoms with van der Waals surface area (Å²) in [5.41, 5.74) is 4.96. The predicted octanol–water partition coefficient (Wildman–Crippen LogP) is 1.30. The van der Waals surface area contributed by atoms with Crippen molar-refractivity contribution in [2.75, 3.05) is 0 Å². The molecule has 0 aromatic rings. The highest BCUT2D eigenvalue weighted by Crippen LogP contribution is 2.07. The molecule has 0 aliphatic heterocycles. The highest BCUT2D eigenvalue weighted by molar-refractivity contribution is 5.73. The average molecular weight is 129 g/mol. The molecule has 0 saturated heterocycles. The van der Waals surface area contributed by atoms with Crippen LogP contribution in [0.25, 0.3) is 0 Å². The van der Waals surface area contributed by atoms with Gasteiger partial charge in [0.1, 0.15) is 0 Å². The van der Waals surface area contributed by atoms with Gasteiger partial charge in [0.2, 0.25) is 5.91 Å². The molecule has 0 heterocycles. The number of carbonyl (C=O) groups is 1. The molecule has 1 atom stereocenters. The van der Waals surface area contributed by atoms with Crippen LogP contribution in [-0.4, -0.2) is 5.91 Å². The quantitative estimate of drug-likeness (QED) is 0.610. The molecular weight excluding hydrogens is 114 g/mol. The Hall–Kier alpha value is -0.530. The first kappa shape index (κ1) is 8.47. The molecule has 2 heteroatoms.